The summed E-state index contributed by atoms with van der Waals surface area (Å²) >= 11 is 1.65. The highest BCUT2D eigenvalue weighted by Crippen LogP contribution is 2.20. The van der Waals surface area contributed by atoms with Crippen LogP contribution in [0.2, 0.25) is 0 Å². The average Bonchev–Trinajstić information content (AvgIpc) is 3.12. The van der Waals surface area contributed by atoms with Gasteiger partial charge in [0.2, 0.25) is 5.91 Å². The van der Waals surface area contributed by atoms with Gasteiger partial charge in [0.1, 0.15) is 5.82 Å². The molecule has 0 aliphatic carbocycles. The van der Waals surface area contributed by atoms with Crippen molar-refractivity contribution in [3.8, 4) is 0 Å². The van der Waals surface area contributed by atoms with Crippen molar-refractivity contribution in [2.75, 3.05) is 13.1 Å². The number of likely N-dealkylation sites (tertiary alicyclic amines) is 1. The number of hydrogen-bond donors (Lipinski definition) is 0. The predicted molar refractivity (Wildman–Crippen MR) is 84.3 cm³/mol. The molecule has 0 bridgehead atoms. The summed E-state index contributed by atoms with van der Waals surface area (Å²) in [6.07, 6.45) is 6.72. The van der Waals surface area contributed by atoms with E-state index in [1.807, 2.05) is 35.7 Å². The molecule has 1 atom stereocenters. The third-order valence-electron chi connectivity index (χ3n) is 4.19. The van der Waals surface area contributed by atoms with Crippen LogP contribution in [0.4, 0.5) is 0 Å². The Kier molecular flexibility index (Phi) is 4.39. The van der Waals surface area contributed by atoms with Gasteiger partial charge in [0.15, 0.2) is 0 Å². The minimum absolute atomic E-state index is 0.264. The number of carbonyl (C=O) groups excluding carboxylic acids is 1. The number of hydrogen-bond acceptors (Lipinski definition) is 3. The molecule has 0 radical (unpaired) electrons. The molecule has 1 aliphatic heterocycles. The van der Waals surface area contributed by atoms with E-state index in [0.29, 0.717) is 12.3 Å². The van der Waals surface area contributed by atoms with Gasteiger partial charge in [0, 0.05) is 32.0 Å². The second-order valence-electron chi connectivity index (χ2n) is 5.78. The van der Waals surface area contributed by atoms with Gasteiger partial charge in [-0.1, -0.05) is 0 Å². The molecule has 112 valence electrons. The topological polar surface area (TPSA) is 38.1 Å². The number of thiophene rings is 1. The smallest absolute Gasteiger partial charge is 0.227 e. The molecule has 2 aromatic rings. The Bertz CT molecular complexity index is 590. The molecule has 0 aromatic carbocycles. The Morgan fingerprint density at radius 3 is 3.14 bits per heavy atom. The number of aryl methyl sites for hydroxylation is 1. The molecule has 1 saturated heterocycles. The molecule has 21 heavy (non-hydrogen) atoms. The van der Waals surface area contributed by atoms with E-state index < -0.39 is 0 Å². The monoisotopic (exact) mass is 303 g/mol. The Morgan fingerprint density at radius 2 is 2.43 bits per heavy atom. The van der Waals surface area contributed by atoms with Gasteiger partial charge in [-0.3, -0.25) is 4.79 Å². The molecule has 1 amide bonds. The highest BCUT2D eigenvalue weighted by atomic mass is 32.1. The molecule has 3 rings (SSSR count). The first-order valence-corrected chi connectivity index (χ1v) is 8.43. The van der Waals surface area contributed by atoms with Crippen LogP contribution in [0.15, 0.2) is 29.2 Å². The highest BCUT2D eigenvalue weighted by molar-refractivity contribution is 7.07. The van der Waals surface area contributed by atoms with Crippen molar-refractivity contribution in [2.45, 2.75) is 32.7 Å². The third kappa shape index (κ3) is 3.53. The molecule has 0 N–H and O–H groups in total. The Labute approximate surface area is 129 Å². The predicted octanol–water partition coefficient (Wildman–Crippen LogP) is 2.73. The van der Waals surface area contributed by atoms with Crippen LogP contribution in [0, 0.1) is 12.8 Å². The van der Waals surface area contributed by atoms with E-state index in [1.54, 1.807) is 11.3 Å². The van der Waals surface area contributed by atoms with Gasteiger partial charge in [0.05, 0.1) is 6.42 Å². The third-order valence-corrected chi connectivity index (χ3v) is 4.92. The zero-order valence-corrected chi connectivity index (χ0v) is 13.2. The van der Waals surface area contributed by atoms with Crippen LogP contribution >= 0.6 is 11.3 Å². The zero-order chi connectivity index (χ0) is 14.7. The average molecular weight is 303 g/mol. The van der Waals surface area contributed by atoms with Crippen molar-refractivity contribution >= 4 is 17.2 Å². The molecule has 2 aromatic heterocycles. The summed E-state index contributed by atoms with van der Waals surface area (Å²) in [5.41, 5.74) is 1.14. The maximum Gasteiger partial charge on any atom is 0.227 e. The molecule has 3 heterocycles. The largest absolute Gasteiger partial charge is 0.342 e. The van der Waals surface area contributed by atoms with Gasteiger partial charge >= 0.3 is 0 Å². The summed E-state index contributed by atoms with van der Waals surface area (Å²) in [4.78, 5) is 18.7. The lowest BCUT2D eigenvalue weighted by atomic mass is 9.97. The lowest BCUT2D eigenvalue weighted by Crippen LogP contribution is -2.41. The van der Waals surface area contributed by atoms with Crippen LogP contribution in [-0.2, 0) is 17.8 Å². The minimum Gasteiger partial charge on any atom is -0.342 e. The van der Waals surface area contributed by atoms with Crippen LogP contribution in [0.5, 0.6) is 0 Å². The molecule has 1 aliphatic rings. The molecule has 4 nitrogen and oxygen atoms in total. The number of piperidine rings is 1. The zero-order valence-electron chi connectivity index (χ0n) is 12.4. The normalized spacial score (nSPS) is 18.9. The number of carbonyl (C=O) groups is 1. The second-order valence-corrected chi connectivity index (χ2v) is 6.56. The number of amides is 1. The Hall–Kier alpha value is -1.62. The SMILES string of the molecule is Cc1nccn1C[C@@H]1CCCN(C(=O)Cc2ccsc2)C1. The molecule has 0 saturated carbocycles. The van der Waals surface area contributed by atoms with Crippen molar-refractivity contribution in [3.05, 3.63) is 40.6 Å². The van der Waals surface area contributed by atoms with E-state index >= 15 is 0 Å². The maximum atomic E-state index is 12.4. The molecule has 0 unspecified atom stereocenters. The van der Waals surface area contributed by atoms with E-state index in [0.717, 1.165) is 37.4 Å². The summed E-state index contributed by atoms with van der Waals surface area (Å²) in [7, 11) is 0. The molecule has 0 spiro atoms. The van der Waals surface area contributed by atoms with Crippen molar-refractivity contribution in [2.24, 2.45) is 5.92 Å². The van der Waals surface area contributed by atoms with E-state index in [-0.39, 0.29) is 5.91 Å². The number of aromatic nitrogens is 2. The fraction of sp³-hybridized carbons (Fsp3) is 0.500. The summed E-state index contributed by atoms with van der Waals surface area (Å²) < 4.78 is 2.19. The summed E-state index contributed by atoms with van der Waals surface area (Å²) in [6.45, 7) is 4.78. The van der Waals surface area contributed by atoms with Crippen LogP contribution in [0.25, 0.3) is 0 Å². The van der Waals surface area contributed by atoms with Gasteiger partial charge in [-0.05, 0) is 48.1 Å². The van der Waals surface area contributed by atoms with E-state index in [2.05, 4.69) is 14.9 Å². The van der Waals surface area contributed by atoms with Crippen LogP contribution in [-0.4, -0.2) is 33.4 Å². The molecule has 1 fully saturated rings. The van der Waals surface area contributed by atoms with Gasteiger partial charge < -0.3 is 9.47 Å². The fourth-order valence-electron chi connectivity index (χ4n) is 3.00. The van der Waals surface area contributed by atoms with Gasteiger partial charge in [-0.2, -0.15) is 11.3 Å². The quantitative estimate of drug-likeness (QED) is 0.871. The van der Waals surface area contributed by atoms with Crippen LogP contribution in [0.3, 0.4) is 0 Å². The first kappa shape index (κ1) is 14.3. The summed E-state index contributed by atoms with van der Waals surface area (Å²) in [6, 6.07) is 2.04. The van der Waals surface area contributed by atoms with Crippen molar-refractivity contribution in [1.29, 1.82) is 0 Å². The van der Waals surface area contributed by atoms with E-state index in [1.165, 1.54) is 6.42 Å². The molecule has 5 heteroatoms. The number of nitrogens with zero attached hydrogens (tertiary/aromatic N) is 3. The lowest BCUT2D eigenvalue weighted by molar-refractivity contribution is -0.132. The highest BCUT2D eigenvalue weighted by Gasteiger charge is 2.24. The van der Waals surface area contributed by atoms with Crippen molar-refractivity contribution in [1.82, 2.24) is 14.5 Å². The molecular weight excluding hydrogens is 282 g/mol. The Balaban J connectivity index is 1.57. The first-order valence-electron chi connectivity index (χ1n) is 7.49. The first-order chi connectivity index (χ1) is 10.2. The van der Waals surface area contributed by atoms with Crippen LogP contribution in [0.1, 0.15) is 24.2 Å². The fourth-order valence-corrected chi connectivity index (χ4v) is 3.66. The summed E-state index contributed by atoms with van der Waals surface area (Å²) in [5, 5.41) is 4.09. The van der Waals surface area contributed by atoms with Gasteiger partial charge in [0.25, 0.3) is 0 Å². The van der Waals surface area contributed by atoms with Gasteiger partial charge in [-0.15, -0.1) is 0 Å². The Morgan fingerprint density at radius 1 is 1.52 bits per heavy atom. The maximum absolute atomic E-state index is 12.4. The van der Waals surface area contributed by atoms with Crippen LogP contribution < -0.4 is 0 Å². The number of rotatable bonds is 4. The molecular formula is C16H21N3OS. The number of imidazole rings is 1. The van der Waals surface area contributed by atoms with Crippen molar-refractivity contribution < 1.29 is 4.79 Å². The lowest BCUT2D eigenvalue weighted by Gasteiger charge is -2.33. The minimum atomic E-state index is 0.264. The van der Waals surface area contributed by atoms with Gasteiger partial charge in [-0.25, -0.2) is 4.98 Å². The standard InChI is InChI=1S/C16H21N3OS/c1-13-17-5-7-18(13)10-15-3-2-6-19(11-15)16(20)9-14-4-8-21-12-14/h4-5,7-8,12,15H,2-3,6,9-11H2,1H3/t15-/m0/s1. The summed E-state index contributed by atoms with van der Waals surface area (Å²) in [5.74, 6) is 1.86. The second kappa shape index (κ2) is 6.43. The van der Waals surface area contributed by atoms with E-state index in [9.17, 15) is 4.79 Å². The van der Waals surface area contributed by atoms with Crippen molar-refractivity contribution in [3.63, 3.8) is 0 Å². The van der Waals surface area contributed by atoms with E-state index in [4.69, 9.17) is 0 Å².